The molecule has 7 nitrogen and oxygen atoms in total. The molecule has 2 heterocycles. The highest BCUT2D eigenvalue weighted by molar-refractivity contribution is 5.89. The molecule has 2 bridgehead atoms. The van der Waals surface area contributed by atoms with Crippen LogP contribution in [0.1, 0.15) is 25.7 Å². The van der Waals surface area contributed by atoms with E-state index in [1.54, 1.807) is 4.57 Å². The summed E-state index contributed by atoms with van der Waals surface area (Å²) < 4.78 is 8.47. The zero-order valence-corrected chi connectivity index (χ0v) is 16.2. The molecule has 150 valence electrons. The third-order valence-corrected chi connectivity index (χ3v) is 6.83. The molecule has 1 N–H and O–H groups in total. The van der Waals surface area contributed by atoms with Crippen molar-refractivity contribution in [2.24, 2.45) is 11.8 Å². The van der Waals surface area contributed by atoms with Gasteiger partial charge in [-0.2, -0.15) is 0 Å². The van der Waals surface area contributed by atoms with E-state index in [0.29, 0.717) is 18.0 Å². The number of para-hydroxylation sites is 2. The summed E-state index contributed by atoms with van der Waals surface area (Å²) in [5, 5.41) is 3.16. The van der Waals surface area contributed by atoms with Crippen molar-refractivity contribution in [3.8, 4) is 0 Å². The third kappa shape index (κ3) is 3.16. The molecule has 2 aliphatic carbocycles. The number of fused-ring (bicyclic) bond motifs is 3. The monoisotopic (exact) mass is 384 g/mol. The second-order valence-electron chi connectivity index (χ2n) is 8.44. The van der Waals surface area contributed by atoms with Gasteiger partial charge in [0.05, 0.1) is 24.2 Å². The van der Waals surface area contributed by atoms with E-state index in [0.717, 1.165) is 50.7 Å². The Morgan fingerprint density at radius 1 is 1.07 bits per heavy atom. The van der Waals surface area contributed by atoms with Crippen molar-refractivity contribution in [1.29, 1.82) is 0 Å². The summed E-state index contributed by atoms with van der Waals surface area (Å²) in [6, 6.07) is 7.54. The standard InChI is InChI=1S/C21H28N4O3/c26-20(22-17-14-15-5-6-16(17)13-15)25-19-4-2-1-3-18(19)24(21(25)27)8-7-23-9-11-28-12-10-23/h1-4,15-17H,5-14H2,(H,22,26)/t15-,16+,17+/m0/s1. The predicted molar refractivity (Wildman–Crippen MR) is 107 cm³/mol. The zero-order chi connectivity index (χ0) is 19.1. The van der Waals surface area contributed by atoms with E-state index in [4.69, 9.17) is 4.74 Å². The Bertz CT molecular complexity index is 927. The highest BCUT2D eigenvalue weighted by atomic mass is 16.5. The maximum absolute atomic E-state index is 13.2. The molecular formula is C21H28N4O3. The highest BCUT2D eigenvalue weighted by Gasteiger charge is 2.40. The topological polar surface area (TPSA) is 68.5 Å². The lowest BCUT2D eigenvalue weighted by Crippen LogP contribution is -2.44. The Labute approximate surface area is 164 Å². The zero-order valence-electron chi connectivity index (χ0n) is 16.2. The minimum Gasteiger partial charge on any atom is -0.379 e. The Morgan fingerprint density at radius 2 is 1.86 bits per heavy atom. The second kappa shape index (κ2) is 7.37. The van der Waals surface area contributed by atoms with Crippen LogP contribution in [0, 0.1) is 11.8 Å². The molecule has 0 unspecified atom stereocenters. The van der Waals surface area contributed by atoms with Crippen LogP contribution in [0.15, 0.2) is 29.1 Å². The number of hydrogen-bond donors (Lipinski definition) is 1. The van der Waals surface area contributed by atoms with Crippen molar-refractivity contribution in [3.63, 3.8) is 0 Å². The number of benzene rings is 1. The molecule has 3 atom stereocenters. The Morgan fingerprint density at radius 3 is 2.57 bits per heavy atom. The number of hydrogen-bond acceptors (Lipinski definition) is 4. The van der Waals surface area contributed by atoms with Gasteiger partial charge in [0.1, 0.15) is 0 Å². The van der Waals surface area contributed by atoms with Crippen LogP contribution in [0.2, 0.25) is 0 Å². The van der Waals surface area contributed by atoms with Crippen molar-refractivity contribution < 1.29 is 9.53 Å². The first kappa shape index (κ1) is 17.9. The van der Waals surface area contributed by atoms with Crippen molar-refractivity contribution >= 4 is 17.1 Å². The van der Waals surface area contributed by atoms with E-state index in [9.17, 15) is 9.59 Å². The van der Waals surface area contributed by atoms with Gasteiger partial charge in [-0.1, -0.05) is 18.6 Å². The molecule has 1 aromatic heterocycles. The van der Waals surface area contributed by atoms with Crippen LogP contribution in [0.25, 0.3) is 11.0 Å². The van der Waals surface area contributed by atoms with Crippen LogP contribution in [0.5, 0.6) is 0 Å². The van der Waals surface area contributed by atoms with E-state index in [-0.39, 0.29) is 17.8 Å². The van der Waals surface area contributed by atoms with E-state index in [2.05, 4.69) is 10.2 Å². The molecule has 0 radical (unpaired) electrons. The fourth-order valence-electron chi connectivity index (χ4n) is 5.33. The summed E-state index contributed by atoms with van der Waals surface area (Å²) in [6.07, 6.45) is 4.77. The van der Waals surface area contributed by atoms with Gasteiger partial charge in [0.15, 0.2) is 0 Å². The highest BCUT2D eigenvalue weighted by Crippen LogP contribution is 2.44. The van der Waals surface area contributed by atoms with Gasteiger partial charge in [0.25, 0.3) is 0 Å². The quantitative estimate of drug-likeness (QED) is 0.874. The number of imidazole rings is 1. The minimum absolute atomic E-state index is 0.216. The minimum atomic E-state index is -0.274. The molecule has 5 rings (SSSR count). The third-order valence-electron chi connectivity index (χ3n) is 6.83. The fraction of sp³-hybridized carbons (Fsp3) is 0.619. The number of amides is 1. The van der Waals surface area contributed by atoms with Gasteiger partial charge >= 0.3 is 11.7 Å². The van der Waals surface area contributed by atoms with Crippen LogP contribution in [-0.4, -0.2) is 59.0 Å². The molecule has 28 heavy (non-hydrogen) atoms. The molecule has 3 aliphatic rings. The summed E-state index contributed by atoms with van der Waals surface area (Å²) in [4.78, 5) is 28.5. The summed E-state index contributed by atoms with van der Waals surface area (Å²) in [5.74, 6) is 1.33. The normalized spacial score (nSPS) is 27.5. The van der Waals surface area contributed by atoms with E-state index < -0.39 is 0 Å². The average Bonchev–Trinajstić information content (AvgIpc) is 3.40. The molecule has 0 spiro atoms. The molecular weight excluding hydrogens is 356 g/mol. The first-order chi connectivity index (χ1) is 13.7. The lowest BCUT2D eigenvalue weighted by molar-refractivity contribution is 0.0364. The largest absolute Gasteiger partial charge is 0.379 e. The number of morpholine rings is 1. The maximum Gasteiger partial charge on any atom is 0.337 e. The summed E-state index contributed by atoms with van der Waals surface area (Å²) in [6.45, 7) is 4.61. The van der Waals surface area contributed by atoms with Gasteiger partial charge in [-0.3, -0.25) is 9.47 Å². The second-order valence-corrected chi connectivity index (χ2v) is 8.44. The van der Waals surface area contributed by atoms with Gasteiger partial charge in [-0.25, -0.2) is 14.2 Å². The van der Waals surface area contributed by atoms with Crippen molar-refractivity contribution in [2.75, 3.05) is 32.8 Å². The lowest BCUT2D eigenvalue weighted by atomic mass is 9.95. The molecule has 1 saturated heterocycles. The van der Waals surface area contributed by atoms with Crippen LogP contribution < -0.4 is 11.0 Å². The first-order valence-electron chi connectivity index (χ1n) is 10.5. The Kier molecular flexibility index (Phi) is 4.72. The predicted octanol–water partition coefficient (Wildman–Crippen LogP) is 1.88. The Hall–Kier alpha value is -2.12. The molecule has 1 amide bonds. The average molecular weight is 384 g/mol. The van der Waals surface area contributed by atoms with Crippen LogP contribution >= 0.6 is 0 Å². The molecule has 2 aromatic rings. The van der Waals surface area contributed by atoms with E-state index >= 15 is 0 Å². The number of carbonyl (C=O) groups is 1. The maximum atomic E-state index is 13.2. The van der Waals surface area contributed by atoms with Crippen molar-refractivity contribution in [2.45, 2.75) is 38.3 Å². The van der Waals surface area contributed by atoms with Gasteiger partial charge in [0.2, 0.25) is 0 Å². The van der Waals surface area contributed by atoms with Gasteiger partial charge < -0.3 is 10.1 Å². The number of aromatic nitrogens is 2. The fourth-order valence-corrected chi connectivity index (χ4v) is 5.33. The summed E-state index contributed by atoms with van der Waals surface area (Å²) in [7, 11) is 0. The van der Waals surface area contributed by atoms with Crippen molar-refractivity contribution in [1.82, 2.24) is 19.4 Å². The van der Waals surface area contributed by atoms with Crippen LogP contribution in [-0.2, 0) is 11.3 Å². The molecule has 1 aliphatic heterocycles. The van der Waals surface area contributed by atoms with Gasteiger partial charge in [0, 0.05) is 32.2 Å². The number of rotatable bonds is 4. The number of carbonyl (C=O) groups excluding carboxylic acids is 1. The molecule has 3 fully saturated rings. The number of nitrogens with one attached hydrogen (secondary N) is 1. The van der Waals surface area contributed by atoms with Gasteiger partial charge in [-0.05, 0) is 43.2 Å². The Balaban J connectivity index is 1.39. The lowest BCUT2D eigenvalue weighted by Gasteiger charge is -2.26. The van der Waals surface area contributed by atoms with Crippen LogP contribution in [0.4, 0.5) is 4.79 Å². The summed E-state index contributed by atoms with van der Waals surface area (Å²) >= 11 is 0. The summed E-state index contributed by atoms with van der Waals surface area (Å²) in [5.41, 5.74) is 1.27. The number of nitrogens with zero attached hydrogens (tertiary/aromatic N) is 3. The molecule has 2 saturated carbocycles. The van der Waals surface area contributed by atoms with Crippen LogP contribution in [0.3, 0.4) is 0 Å². The van der Waals surface area contributed by atoms with Gasteiger partial charge in [-0.15, -0.1) is 0 Å². The first-order valence-corrected chi connectivity index (χ1v) is 10.5. The molecule has 1 aromatic carbocycles. The van der Waals surface area contributed by atoms with E-state index in [1.807, 2.05) is 24.3 Å². The van der Waals surface area contributed by atoms with Crippen molar-refractivity contribution in [3.05, 3.63) is 34.7 Å². The smallest absolute Gasteiger partial charge is 0.337 e. The SMILES string of the molecule is O=C(N[C@@H]1C[C@H]2CC[C@@H]1C2)n1c(=O)n(CCN2CCOCC2)c2ccccc21. The molecule has 7 heteroatoms. The number of ether oxygens (including phenoxy) is 1. The van der Waals surface area contributed by atoms with E-state index in [1.165, 1.54) is 23.8 Å².